The minimum Gasteiger partial charge on any atom is -0.300 e. The van der Waals surface area contributed by atoms with Gasteiger partial charge in [0.05, 0.1) is 23.0 Å². The first-order chi connectivity index (χ1) is 9.65. The van der Waals surface area contributed by atoms with E-state index in [2.05, 4.69) is 29.4 Å². The van der Waals surface area contributed by atoms with Crippen LogP contribution in [-0.4, -0.2) is 33.8 Å². The normalized spacial score (nSPS) is 31.7. The maximum Gasteiger partial charge on any atom is 0.0834 e. The Kier molecular flexibility index (Phi) is 4.04. The summed E-state index contributed by atoms with van der Waals surface area (Å²) in [6.07, 6.45) is 6.74. The largest absolute Gasteiger partial charge is 0.300 e. The molecule has 0 saturated carbocycles. The summed E-state index contributed by atoms with van der Waals surface area (Å²) < 4.78 is 1.97. The summed E-state index contributed by atoms with van der Waals surface area (Å²) in [5.74, 6) is 6.41. The van der Waals surface area contributed by atoms with Gasteiger partial charge in [-0.1, -0.05) is 11.6 Å². The van der Waals surface area contributed by atoms with Crippen molar-refractivity contribution in [2.75, 3.05) is 7.05 Å². The third-order valence-corrected chi connectivity index (χ3v) is 5.50. The molecule has 1 aromatic heterocycles. The van der Waals surface area contributed by atoms with Gasteiger partial charge in [0, 0.05) is 18.6 Å². The number of nitrogens with two attached hydrogens (primary N) is 1. The molecule has 2 saturated heterocycles. The monoisotopic (exact) mass is 297 g/mol. The Bertz CT molecular complexity index is 460. The molecule has 2 aliphatic heterocycles. The number of fused-ring (bicyclic) bond motifs is 2. The van der Waals surface area contributed by atoms with Gasteiger partial charge in [0.2, 0.25) is 0 Å². The van der Waals surface area contributed by atoms with Crippen LogP contribution in [0, 0.1) is 5.92 Å². The van der Waals surface area contributed by atoms with Crippen LogP contribution < -0.4 is 11.3 Å². The molecule has 6 heteroatoms. The number of nitrogens with one attached hydrogen (secondary N) is 1. The van der Waals surface area contributed by atoms with Gasteiger partial charge in [0.15, 0.2) is 0 Å². The number of rotatable bonds is 4. The first-order valence-corrected chi connectivity index (χ1v) is 7.92. The predicted octanol–water partition coefficient (Wildman–Crippen LogP) is 1.93. The molecule has 3 heterocycles. The van der Waals surface area contributed by atoms with Crippen molar-refractivity contribution in [1.82, 2.24) is 20.1 Å². The number of nitrogens with zero attached hydrogens (tertiary/aromatic N) is 3. The van der Waals surface area contributed by atoms with E-state index in [4.69, 9.17) is 17.4 Å². The van der Waals surface area contributed by atoms with Gasteiger partial charge in [-0.3, -0.25) is 16.0 Å². The van der Waals surface area contributed by atoms with E-state index in [1.54, 1.807) is 6.20 Å². The summed E-state index contributed by atoms with van der Waals surface area (Å²) in [6.45, 7) is 2.90. The van der Waals surface area contributed by atoms with Gasteiger partial charge in [-0.15, -0.1) is 0 Å². The SMILES string of the molecule is CCn1ncc(Cl)c1C(NN)C1CC2CCC(C1)N2C. The molecule has 0 aromatic carbocycles. The number of halogens is 1. The van der Waals surface area contributed by atoms with Crippen LogP contribution in [0.1, 0.15) is 44.3 Å². The van der Waals surface area contributed by atoms with Crippen LogP contribution >= 0.6 is 11.6 Å². The zero-order chi connectivity index (χ0) is 14.3. The van der Waals surface area contributed by atoms with Crippen molar-refractivity contribution in [3.63, 3.8) is 0 Å². The lowest BCUT2D eigenvalue weighted by molar-refractivity contribution is 0.110. The summed E-state index contributed by atoms with van der Waals surface area (Å²) >= 11 is 6.34. The molecular weight excluding hydrogens is 274 g/mol. The Morgan fingerprint density at radius 3 is 2.65 bits per heavy atom. The predicted molar refractivity (Wildman–Crippen MR) is 80.3 cm³/mol. The number of aryl methyl sites for hydroxylation is 1. The van der Waals surface area contributed by atoms with Crippen LogP contribution in [0.5, 0.6) is 0 Å². The number of aromatic nitrogens is 2. The summed E-state index contributed by atoms with van der Waals surface area (Å²) in [7, 11) is 2.26. The molecule has 3 N–H and O–H groups in total. The standard InChI is InChI=1S/C14H24ClN5/c1-3-20-14(12(15)8-17-20)13(18-16)9-6-10-4-5-11(7-9)19(10)2/h8-11,13,18H,3-7,16H2,1-2H3. The summed E-state index contributed by atoms with van der Waals surface area (Å²) in [6, 6.07) is 1.50. The average molecular weight is 298 g/mol. The molecule has 3 unspecified atom stereocenters. The maximum absolute atomic E-state index is 6.34. The summed E-state index contributed by atoms with van der Waals surface area (Å²) in [4.78, 5) is 2.54. The molecule has 3 atom stereocenters. The van der Waals surface area contributed by atoms with E-state index in [1.807, 2.05) is 4.68 Å². The van der Waals surface area contributed by atoms with Crippen LogP contribution in [0.25, 0.3) is 0 Å². The second-order valence-electron chi connectivity index (χ2n) is 6.12. The molecule has 1 aromatic rings. The fraction of sp³-hybridized carbons (Fsp3) is 0.786. The minimum absolute atomic E-state index is 0.0988. The summed E-state index contributed by atoms with van der Waals surface area (Å²) in [5.41, 5.74) is 4.06. The van der Waals surface area contributed by atoms with Crippen molar-refractivity contribution in [3.8, 4) is 0 Å². The maximum atomic E-state index is 6.34. The second-order valence-corrected chi connectivity index (χ2v) is 6.53. The van der Waals surface area contributed by atoms with E-state index in [9.17, 15) is 0 Å². The third kappa shape index (κ3) is 2.26. The van der Waals surface area contributed by atoms with Crippen LogP contribution in [0.2, 0.25) is 5.02 Å². The minimum atomic E-state index is 0.0988. The topological polar surface area (TPSA) is 59.1 Å². The van der Waals surface area contributed by atoms with E-state index in [0.717, 1.165) is 17.3 Å². The molecule has 5 nitrogen and oxygen atoms in total. The van der Waals surface area contributed by atoms with Crippen LogP contribution in [0.3, 0.4) is 0 Å². The van der Waals surface area contributed by atoms with Gasteiger partial charge in [-0.05, 0) is 45.6 Å². The molecule has 2 aliphatic rings. The van der Waals surface area contributed by atoms with Gasteiger partial charge >= 0.3 is 0 Å². The Balaban J connectivity index is 1.85. The van der Waals surface area contributed by atoms with Crippen molar-refractivity contribution in [2.24, 2.45) is 11.8 Å². The highest BCUT2D eigenvalue weighted by Crippen LogP contribution is 2.43. The number of piperidine rings is 1. The Hall–Kier alpha value is -0.620. The third-order valence-electron chi connectivity index (χ3n) is 5.21. The van der Waals surface area contributed by atoms with Crippen LogP contribution in [0.4, 0.5) is 0 Å². The van der Waals surface area contributed by atoms with Gasteiger partial charge in [-0.2, -0.15) is 5.10 Å². The smallest absolute Gasteiger partial charge is 0.0834 e. The number of hydrazine groups is 1. The molecule has 0 aliphatic carbocycles. The van der Waals surface area contributed by atoms with Crippen molar-refractivity contribution in [3.05, 3.63) is 16.9 Å². The van der Waals surface area contributed by atoms with Gasteiger partial charge in [0.1, 0.15) is 0 Å². The lowest BCUT2D eigenvalue weighted by Crippen LogP contribution is -2.45. The molecule has 0 spiro atoms. The zero-order valence-corrected chi connectivity index (χ0v) is 13.0. The lowest BCUT2D eigenvalue weighted by atomic mass is 9.84. The first-order valence-electron chi connectivity index (χ1n) is 7.55. The van der Waals surface area contributed by atoms with E-state index in [0.29, 0.717) is 18.0 Å². The fourth-order valence-electron chi connectivity index (χ4n) is 4.10. The highest BCUT2D eigenvalue weighted by atomic mass is 35.5. The van der Waals surface area contributed by atoms with E-state index in [-0.39, 0.29) is 6.04 Å². The highest BCUT2D eigenvalue weighted by molar-refractivity contribution is 6.31. The molecule has 112 valence electrons. The molecule has 3 rings (SSSR count). The fourth-order valence-corrected chi connectivity index (χ4v) is 4.36. The van der Waals surface area contributed by atoms with Crippen LogP contribution in [0.15, 0.2) is 6.20 Å². The van der Waals surface area contributed by atoms with Crippen LogP contribution in [-0.2, 0) is 6.54 Å². The van der Waals surface area contributed by atoms with Crippen molar-refractivity contribution in [1.29, 1.82) is 0 Å². The Morgan fingerprint density at radius 1 is 1.45 bits per heavy atom. The van der Waals surface area contributed by atoms with E-state index >= 15 is 0 Å². The molecule has 2 fully saturated rings. The van der Waals surface area contributed by atoms with Gasteiger partial charge in [0.25, 0.3) is 0 Å². The zero-order valence-electron chi connectivity index (χ0n) is 12.2. The molecule has 20 heavy (non-hydrogen) atoms. The Labute approximate surface area is 125 Å². The number of hydrogen-bond acceptors (Lipinski definition) is 4. The summed E-state index contributed by atoms with van der Waals surface area (Å²) in [5, 5.41) is 5.07. The van der Waals surface area contributed by atoms with Crippen molar-refractivity contribution >= 4 is 11.6 Å². The molecule has 2 bridgehead atoms. The highest BCUT2D eigenvalue weighted by Gasteiger charge is 2.42. The molecule has 0 amide bonds. The van der Waals surface area contributed by atoms with Gasteiger partial charge < -0.3 is 4.90 Å². The van der Waals surface area contributed by atoms with Gasteiger partial charge in [-0.25, -0.2) is 0 Å². The van der Waals surface area contributed by atoms with Crippen molar-refractivity contribution in [2.45, 2.75) is 57.3 Å². The average Bonchev–Trinajstić information content (AvgIpc) is 2.88. The molecule has 0 radical (unpaired) electrons. The van der Waals surface area contributed by atoms with Crippen molar-refractivity contribution < 1.29 is 0 Å². The Morgan fingerprint density at radius 2 is 2.10 bits per heavy atom. The first kappa shape index (κ1) is 14.3. The quantitative estimate of drug-likeness (QED) is 0.659. The van der Waals surface area contributed by atoms with E-state index in [1.165, 1.54) is 25.7 Å². The van der Waals surface area contributed by atoms with E-state index < -0.39 is 0 Å². The second kappa shape index (κ2) is 5.64. The number of hydrogen-bond donors (Lipinski definition) is 2. The lowest BCUT2D eigenvalue weighted by Gasteiger charge is -2.39. The molecular formula is C14H24ClN5.